The molecule has 0 spiro atoms. The Morgan fingerprint density at radius 2 is 2.28 bits per heavy atom. The van der Waals surface area contributed by atoms with Gasteiger partial charge >= 0.3 is 0 Å². The Bertz CT molecular complexity index is 413. The van der Waals surface area contributed by atoms with E-state index in [1.54, 1.807) is 0 Å². The first-order valence-electron chi connectivity index (χ1n) is 6.92. The van der Waals surface area contributed by atoms with E-state index in [0.717, 1.165) is 44.8 Å². The average molecular weight is 247 g/mol. The lowest BCUT2D eigenvalue weighted by Crippen LogP contribution is -2.18. The highest BCUT2D eigenvalue weighted by molar-refractivity contribution is 5.39. The van der Waals surface area contributed by atoms with Crippen molar-refractivity contribution in [1.29, 1.82) is 0 Å². The Hall–Kier alpha value is -1.06. The van der Waals surface area contributed by atoms with Crippen LogP contribution in [0.3, 0.4) is 0 Å². The van der Waals surface area contributed by atoms with E-state index in [-0.39, 0.29) is 6.04 Å². The molecule has 0 amide bonds. The highest BCUT2D eigenvalue weighted by Gasteiger charge is 2.19. The molecular formula is C15H21NO2. The molecule has 1 aromatic carbocycles. The fourth-order valence-electron chi connectivity index (χ4n) is 2.83. The summed E-state index contributed by atoms with van der Waals surface area (Å²) in [6, 6.07) is 6.57. The molecular weight excluding hydrogens is 226 g/mol. The summed E-state index contributed by atoms with van der Waals surface area (Å²) < 4.78 is 11.2. The molecule has 0 bridgehead atoms. The Balaban J connectivity index is 1.67. The van der Waals surface area contributed by atoms with E-state index in [0.29, 0.717) is 5.92 Å². The molecule has 2 atom stereocenters. The summed E-state index contributed by atoms with van der Waals surface area (Å²) in [4.78, 5) is 0. The van der Waals surface area contributed by atoms with Gasteiger partial charge in [0.15, 0.2) is 0 Å². The van der Waals surface area contributed by atoms with Crippen LogP contribution in [-0.2, 0) is 11.2 Å². The normalized spacial score (nSPS) is 26.9. The van der Waals surface area contributed by atoms with Crippen molar-refractivity contribution in [1.82, 2.24) is 0 Å². The number of aryl methyl sites for hydroxylation is 1. The predicted octanol–water partition coefficient (Wildman–Crippen LogP) is 2.44. The van der Waals surface area contributed by atoms with Gasteiger partial charge in [0.05, 0.1) is 13.2 Å². The van der Waals surface area contributed by atoms with Gasteiger partial charge in [-0.05, 0) is 48.9 Å². The van der Waals surface area contributed by atoms with Crippen LogP contribution in [0.15, 0.2) is 18.2 Å². The molecule has 1 aliphatic carbocycles. The van der Waals surface area contributed by atoms with E-state index in [1.807, 2.05) is 0 Å². The third kappa shape index (κ3) is 2.52. The van der Waals surface area contributed by atoms with Crippen LogP contribution in [-0.4, -0.2) is 19.8 Å². The quantitative estimate of drug-likeness (QED) is 0.892. The van der Waals surface area contributed by atoms with Crippen molar-refractivity contribution in [2.45, 2.75) is 31.7 Å². The zero-order chi connectivity index (χ0) is 12.4. The molecule has 1 saturated heterocycles. The Morgan fingerprint density at radius 1 is 1.33 bits per heavy atom. The minimum atomic E-state index is 0.187. The highest BCUT2D eigenvalue weighted by atomic mass is 16.5. The van der Waals surface area contributed by atoms with Crippen molar-refractivity contribution in [3.63, 3.8) is 0 Å². The van der Waals surface area contributed by atoms with E-state index >= 15 is 0 Å². The molecule has 1 aliphatic heterocycles. The number of hydrogen-bond acceptors (Lipinski definition) is 3. The van der Waals surface area contributed by atoms with E-state index in [1.165, 1.54) is 17.5 Å². The number of hydrogen-bond donors (Lipinski definition) is 1. The minimum absolute atomic E-state index is 0.187. The minimum Gasteiger partial charge on any atom is -0.493 e. The first kappa shape index (κ1) is 12.0. The SMILES string of the molecule is N[C@H]1CCCc2ccc(OCC3CCOC3)cc21. The molecule has 0 radical (unpaired) electrons. The van der Waals surface area contributed by atoms with Gasteiger partial charge in [0.1, 0.15) is 5.75 Å². The van der Waals surface area contributed by atoms with Crippen LogP contribution in [0.25, 0.3) is 0 Å². The van der Waals surface area contributed by atoms with Gasteiger partial charge in [-0.2, -0.15) is 0 Å². The summed E-state index contributed by atoms with van der Waals surface area (Å²) in [5, 5.41) is 0. The van der Waals surface area contributed by atoms with Gasteiger partial charge in [0, 0.05) is 18.6 Å². The lowest BCUT2D eigenvalue weighted by Gasteiger charge is -2.23. The van der Waals surface area contributed by atoms with Crippen LogP contribution in [0, 0.1) is 5.92 Å². The smallest absolute Gasteiger partial charge is 0.119 e. The maximum Gasteiger partial charge on any atom is 0.119 e. The van der Waals surface area contributed by atoms with Gasteiger partial charge in [-0.25, -0.2) is 0 Å². The molecule has 2 N–H and O–H groups in total. The fraction of sp³-hybridized carbons (Fsp3) is 0.600. The summed E-state index contributed by atoms with van der Waals surface area (Å²) in [7, 11) is 0. The lowest BCUT2D eigenvalue weighted by atomic mass is 9.88. The molecule has 1 fully saturated rings. The van der Waals surface area contributed by atoms with Gasteiger partial charge in [-0.1, -0.05) is 6.07 Å². The van der Waals surface area contributed by atoms with Crippen molar-refractivity contribution in [3.05, 3.63) is 29.3 Å². The molecule has 0 saturated carbocycles. The predicted molar refractivity (Wildman–Crippen MR) is 70.7 cm³/mol. The van der Waals surface area contributed by atoms with Crippen LogP contribution in [0.1, 0.15) is 36.4 Å². The third-order valence-electron chi connectivity index (χ3n) is 3.99. The van der Waals surface area contributed by atoms with Crippen molar-refractivity contribution >= 4 is 0 Å². The second-order valence-corrected chi connectivity index (χ2v) is 5.40. The van der Waals surface area contributed by atoms with Crippen molar-refractivity contribution in [2.75, 3.05) is 19.8 Å². The maximum absolute atomic E-state index is 6.16. The monoisotopic (exact) mass is 247 g/mol. The van der Waals surface area contributed by atoms with E-state index < -0.39 is 0 Å². The zero-order valence-electron chi connectivity index (χ0n) is 10.7. The first-order valence-corrected chi connectivity index (χ1v) is 6.92. The van der Waals surface area contributed by atoms with Gasteiger partial charge in [-0.15, -0.1) is 0 Å². The van der Waals surface area contributed by atoms with Crippen LogP contribution in [0.4, 0.5) is 0 Å². The van der Waals surface area contributed by atoms with Crippen molar-refractivity contribution in [2.24, 2.45) is 11.7 Å². The Labute approximate surface area is 108 Å². The molecule has 0 aromatic heterocycles. The number of nitrogens with two attached hydrogens (primary N) is 1. The summed E-state index contributed by atoms with van der Waals surface area (Å²) >= 11 is 0. The van der Waals surface area contributed by atoms with E-state index in [9.17, 15) is 0 Å². The molecule has 3 rings (SSSR count). The molecule has 18 heavy (non-hydrogen) atoms. The number of rotatable bonds is 3. The fourth-order valence-corrected chi connectivity index (χ4v) is 2.83. The first-order chi connectivity index (χ1) is 8.83. The summed E-state index contributed by atoms with van der Waals surface area (Å²) in [6.45, 7) is 2.47. The van der Waals surface area contributed by atoms with Gasteiger partial charge in [-0.3, -0.25) is 0 Å². The van der Waals surface area contributed by atoms with E-state index in [4.69, 9.17) is 15.2 Å². The zero-order valence-corrected chi connectivity index (χ0v) is 10.7. The largest absolute Gasteiger partial charge is 0.493 e. The Kier molecular flexibility index (Phi) is 3.52. The molecule has 2 aliphatic rings. The van der Waals surface area contributed by atoms with Crippen LogP contribution < -0.4 is 10.5 Å². The topological polar surface area (TPSA) is 44.5 Å². The van der Waals surface area contributed by atoms with Gasteiger partial charge < -0.3 is 15.2 Å². The van der Waals surface area contributed by atoms with Crippen LogP contribution >= 0.6 is 0 Å². The number of ether oxygens (including phenoxy) is 2. The van der Waals surface area contributed by atoms with Crippen LogP contribution in [0.5, 0.6) is 5.75 Å². The standard InChI is InChI=1S/C15H21NO2/c16-15-3-1-2-12-4-5-13(8-14(12)15)18-10-11-6-7-17-9-11/h4-5,8,11,15H,1-3,6-7,9-10,16H2/t11?,15-/m0/s1. The lowest BCUT2D eigenvalue weighted by molar-refractivity contribution is 0.167. The summed E-state index contributed by atoms with van der Waals surface area (Å²) in [5.41, 5.74) is 8.83. The summed E-state index contributed by atoms with van der Waals surface area (Å²) in [5.74, 6) is 1.51. The van der Waals surface area contributed by atoms with Crippen LogP contribution in [0.2, 0.25) is 0 Å². The molecule has 3 nitrogen and oxygen atoms in total. The molecule has 1 unspecified atom stereocenters. The van der Waals surface area contributed by atoms with Crippen molar-refractivity contribution in [3.8, 4) is 5.75 Å². The number of benzene rings is 1. The second-order valence-electron chi connectivity index (χ2n) is 5.40. The average Bonchev–Trinajstić information content (AvgIpc) is 2.90. The maximum atomic E-state index is 6.16. The Morgan fingerprint density at radius 3 is 3.11 bits per heavy atom. The van der Waals surface area contributed by atoms with Crippen molar-refractivity contribution < 1.29 is 9.47 Å². The third-order valence-corrected chi connectivity index (χ3v) is 3.99. The van der Waals surface area contributed by atoms with Gasteiger partial charge in [0.25, 0.3) is 0 Å². The molecule has 98 valence electrons. The second kappa shape index (κ2) is 5.29. The van der Waals surface area contributed by atoms with E-state index in [2.05, 4.69) is 18.2 Å². The summed E-state index contributed by atoms with van der Waals surface area (Å²) in [6.07, 6.45) is 4.56. The van der Waals surface area contributed by atoms with Gasteiger partial charge in [0.2, 0.25) is 0 Å². The molecule has 3 heteroatoms. The molecule has 1 aromatic rings. The highest BCUT2D eigenvalue weighted by Crippen LogP contribution is 2.31. The number of fused-ring (bicyclic) bond motifs is 1. The molecule has 1 heterocycles.